The molecule has 0 radical (unpaired) electrons. The highest BCUT2D eigenvalue weighted by Crippen LogP contribution is 2.53. The van der Waals surface area contributed by atoms with E-state index in [-0.39, 0.29) is 24.2 Å². The third-order valence-corrected chi connectivity index (χ3v) is 14.5. The smallest absolute Gasteiger partial charge is 0.192 e. The Morgan fingerprint density at radius 2 is 1.79 bits per heavy atom. The van der Waals surface area contributed by atoms with Crippen molar-refractivity contribution in [3.05, 3.63) is 35.9 Å². The van der Waals surface area contributed by atoms with Gasteiger partial charge in [0.25, 0.3) is 0 Å². The first-order valence-electron chi connectivity index (χ1n) is 14.7. The van der Waals surface area contributed by atoms with Gasteiger partial charge < -0.3 is 32.9 Å². The van der Waals surface area contributed by atoms with E-state index in [2.05, 4.69) is 39.8 Å². The minimum atomic E-state index is -1.91. The van der Waals surface area contributed by atoms with E-state index in [1.54, 1.807) is 7.11 Å². The van der Waals surface area contributed by atoms with Gasteiger partial charge in [-0.3, -0.25) is 0 Å². The Labute approximate surface area is 240 Å². The maximum atomic E-state index is 11.9. The minimum absolute atomic E-state index is 0.0844. The molecule has 3 aliphatic heterocycles. The molecule has 9 heteroatoms. The molecule has 3 aliphatic rings. The SMILES string of the molecule is CC[Si](CC)(CC)O[C@H]1C[C@@]2(O[C@H]1CCOCc1ccccc1)O[C@]1(CC[C@@H]2C)C[C@@H](OC)[C@H](Cl)[C@@H](C=O)O1. The van der Waals surface area contributed by atoms with Crippen molar-refractivity contribution in [2.75, 3.05) is 13.7 Å². The fourth-order valence-electron chi connectivity index (χ4n) is 6.48. The molecule has 39 heavy (non-hydrogen) atoms. The van der Waals surface area contributed by atoms with E-state index in [9.17, 15) is 4.79 Å². The molecule has 0 aromatic heterocycles. The Kier molecular flexibility index (Phi) is 10.7. The van der Waals surface area contributed by atoms with Gasteiger partial charge in [0.15, 0.2) is 26.2 Å². The van der Waals surface area contributed by atoms with Crippen LogP contribution in [0.5, 0.6) is 0 Å². The van der Waals surface area contributed by atoms with Crippen LogP contribution in [0.3, 0.4) is 0 Å². The minimum Gasteiger partial charge on any atom is -0.411 e. The first kappa shape index (κ1) is 31.1. The highest BCUT2D eigenvalue weighted by Gasteiger charge is 2.61. The van der Waals surface area contributed by atoms with Gasteiger partial charge in [-0.15, -0.1) is 11.6 Å². The Morgan fingerprint density at radius 3 is 2.44 bits per heavy atom. The van der Waals surface area contributed by atoms with Gasteiger partial charge in [0.05, 0.1) is 30.3 Å². The molecule has 1 aromatic carbocycles. The van der Waals surface area contributed by atoms with Crippen LogP contribution >= 0.6 is 11.6 Å². The van der Waals surface area contributed by atoms with E-state index in [4.69, 9.17) is 39.7 Å². The number of halogens is 1. The molecule has 3 fully saturated rings. The molecular weight excluding hydrogens is 536 g/mol. The van der Waals surface area contributed by atoms with Crippen LogP contribution < -0.4 is 0 Å². The Hall–Kier alpha value is -0.843. The topological polar surface area (TPSA) is 72.5 Å². The van der Waals surface area contributed by atoms with Crippen molar-refractivity contribution in [2.45, 2.75) is 126 Å². The second kappa shape index (κ2) is 13.4. The van der Waals surface area contributed by atoms with Crippen LogP contribution in [0.25, 0.3) is 0 Å². The lowest BCUT2D eigenvalue weighted by atomic mass is 9.83. The molecule has 220 valence electrons. The van der Waals surface area contributed by atoms with Crippen LogP contribution in [0.4, 0.5) is 0 Å². The van der Waals surface area contributed by atoms with Crippen LogP contribution in [0, 0.1) is 5.92 Å². The number of benzene rings is 1. The molecule has 4 rings (SSSR count). The first-order chi connectivity index (χ1) is 18.8. The van der Waals surface area contributed by atoms with Gasteiger partial charge in [0.1, 0.15) is 6.10 Å². The number of aldehydes is 1. The third-order valence-electron chi connectivity index (χ3n) is 9.28. The van der Waals surface area contributed by atoms with Gasteiger partial charge in [-0.25, -0.2) is 0 Å². The van der Waals surface area contributed by atoms with Gasteiger partial charge in [0, 0.05) is 38.9 Å². The summed E-state index contributed by atoms with van der Waals surface area (Å²) in [7, 11) is -0.290. The lowest BCUT2D eigenvalue weighted by Crippen LogP contribution is -2.61. The molecule has 8 atom stereocenters. The molecule has 1 aromatic rings. The average Bonchev–Trinajstić information content (AvgIpc) is 3.30. The molecule has 0 bridgehead atoms. The monoisotopic (exact) mass is 582 g/mol. The Balaban J connectivity index is 1.53. The standard InChI is InChI=1S/C30H47ClO7Si/c1-6-39(7-2,8-3)37-25-19-30(36-24(25)15-17-34-21-23-12-10-9-11-13-23)22(4)14-16-29(38-30)18-26(33-5)28(31)27(20-32)35-29/h9-13,20,22,24-28H,6-8,14-19,21H2,1-5H3/t22-,24-,25-,26+,27+,28-,29+,30+/m0/s1. The Bertz CT molecular complexity index is 910. The Morgan fingerprint density at radius 1 is 1.08 bits per heavy atom. The predicted octanol–water partition coefficient (Wildman–Crippen LogP) is 6.22. The summed E-state index contributed by atoms with van der Waals surface area (Å²) in [4.78, 5) is 11.9. The summed E-state index contributed by atoms with van der Waals surface area (Å²) in [5.74, 6) is -1.71. The van der Waals surface area contributed by atoms with E-state index in [0.29, 0.717) is 38.9 Å². The van der Waals surface area contributed by atoms with Gasteiger partial charge in [-0.05, 0) is 36.5 Å². The van der Waals surface area contributed by atoms with Crippen molar-refractivity contribution in [1.82, 2.24) is 0 Å². The quantitative estimate of drug-likeness (QED) is 0.125. The van der Waals surface area contributed by atoms with Gasteiger partial charge >= 0.3 is 0 Å². The maximum Gasteiger partial charge on any atom is 0.192 e. The predicted molar refractivity (Wildman–Crippen MR) is 153 cm³/mol. The van der Waals surface area contributed by atoms with Gasteiger partial charge in [-0.2, -0.15) is 0 Å². The number of hydrogen-bond donors (Lipinski definition) is 0. The molecule has 7 nitrogen and oxygen atoms in total. The summed E-state index contributed by atoms with van der Waals surface area (Å²) < 4.78 is 38.9. The van der Waals surface area contributed by atoms with E-state index in [1.807, 2.05) is 18.2 Å². The van der Waals surface area contributed by atoms with E-state index in [1.165, 1.54) is 0 Å². The van der Waals surface area contributed by atoms with Crippen molar-refractivity contribution < 1.29 is 32.9 Å². The summed E-state index contributed by atoms with van der Waals surface area (Å²) in [5, 5.41) is -0.558. The summed E-state index contributed by atoms with van der Waals surface area (Å²) in [6, 6.07) is 13.4. The summed E-state index contributed by atoms with van der Waals surface area (Å²) in [5.41, 5.74) is 1.15. The number of rotatable bonds is 12. The lowest BCUT2D eigenvalue weighted by Gasteiger charge is -2.53. The normalized spacial score (nSPS) is 37.0. The number of carbonyl (C=O) groups is 1. The zero-order chi connectivity index (χ0) is 28.1. The van der Waals surface area contributed by atoms with Crippen molar-refractivity contribution in [3.8, 4) is 0 Å². The van der Waals surface area contributed by atoms with Crippen LogP contribution in [0.15, 0.2) is 30.3 Å². The molecule has 3 saturated heterocycles. The van der Waals surface area contributed by atoms with E-state index < -0.39 is 31.4 Å². The number of methoxy groups -OCH3 is 1. The molecule has 0 saturated carbocycles. The second-order valence-electron chi connectivity index (χ2n) is 11.5. The number of carbonyl (C=O) groups excluding carboxylic acids is 1. The van der Waals surface area contributed by atoms with Crippen LogP contribution in [-0.2, 0) is 39.5 Å². The zero-order valence-corrected chi connectivity index (χ0v) is 26.0. The number of hydrogen-bond acceptors (Lipinski definition) is 7. The summed E-state index contributed by atoms with van der Waals surface area (Å²) in [6.45, 7) is 10.1. The van der Waals surface area contributed by atoms with Crippen molar-refractivity contribution in [1.29, 1.82) is 0 Å². The van der Waals surface area contributed by atoms with Crippen molar-refractivity contribution in [3.63, 3.8) is 0 Å². The fourth-order valence-corrected chi connectivity index (χ4v) is 9.66. The second-order valence-corrected chi connectivity index (χ2v) is 16.7. The lowest BCUT2D eigenvalue weighted by molar-refractivity contribution is -0.409. The van der Waals surface area contributed by atoms with Gasteiger partial charge in [-0.1, -0.05) is 58.0 Å². The molecule has 0 unspecified atom stereocenters. The molecular formula is C30H47ClO7Si. The van der Waals surface area contributed by atoms with Crippen LogP contribution in [-0.4, -0.2) is 69.7 Å². The average molecular weight is 583 g/mol. The molecule has 2 spiro atoms. The van der Waals surface area contributed by atoms with Gasteiger partial charge in [0.2, 0.25) is 0 Å². The third kappa shape index (κ3) is 6.80. The largest absolute Gasteiger partial charge is 0.411 e. The fraction of sp³-hybridized carbons (Fsp3) is 0.767. The molecule has 3 heterocycles. The van der Waals surface area contributed by atoms with Crippen molar-refractivity contribution in [2.24, 2.45) is 5.92 Å². The van der Waals surface area contributed by atoms with Crippen LogP contribution in [0.2, 0.25) is 18.1 Å². The molecule has 0 aliphatic carbocycles. The number of alkyl halides is 1. The van der Waals surface area contributed by atoms with Crippen molar-refractivity contribution >= 4 is 26.2 Å². The molecule has 0 N–H and O–H groups in total. The number of ether oxygens (including phenoxy) is 5. The van der Waals surface area contributed by atoms with E-state index >= 15 is 0 Å². The maximum absolute atomic E-state index is 11.9. The van der Waals surface area contributed by atoms with Crippen LogP contribution in [0.1, 0.15) is 65.4 Å². The van der Waals surface area contributed by atoms with E-state index in [0.717, 1.165) is 36.4 Å². The zero-order valence-electron chi connectivity index (χ0n) is 24.2. The summed E-state index contributed by atoms with van der Waals surface area (Å²) >= 11 is 6.52. The highest BCUT2D eigenvalue weighted by atomic mass is 35.5. The summed E-state index contributed by atoms with van der Waals surface area (Å²) in [6.07, 6.45) is 2.67. The highest BCUT2D eigenvalue weighted by molar-refractivity contribution is 6.73. The first-order valence-corrected chi connectivity index (χ1v) is 17.7. The molecule has 0 amide bonds.